The molecule has 1 aromatic carbocycles. The molecule has 3 nitrogen and oxygen atoms in total. The van der Waals surface area contributed by atoms with Crippen LogP contribution in [0.5, 0.6) is 0 Å². The van der Waals surface area contributed by atoms with Gasteiger partial charge in [0.25, 0.3) is 0 Å². The smallest absolute Gasteiger partial charge is 0.171 e. The fourth-order valence-corrected chi connectivity index (χ4v) is 2.68. The minimum Gasteiger partial charge on any atom is -0.378 e. The van der Waals surface area contributed by atoms with Gasteiger partial charge in [-0.2, -0.15) is 0 Å². The van der Waals surface area contributed by atoms with E-state index in [1.807, 2.05) is 0 Å². The highest BCUT2D eigenvalue weighted by atomic mass is 32.1. The van der Waals surface area contributed by atoms with E-state index in [-0.39, 0.29) is 23.0 Å². The molecule has 0 fully saturated rings. The molecule has 0 saturated carbocycles. The summed E-state index contributed by atoms with van der Waals surface area (Å²) in [6, 6.07) is 3.59. The van der Waals surface area contributed by atoms with Crippen molar-refractivity contribution >= 4 is 17.1 Å². The number of halogens is 2. The topological polar surface area (TPSA) is 39.2 Å². The molecule has 2 rings (SSSR count). The first kappa shape index (κ1) is 13.8. The Morgan fingerprint density at radius 3 is 2.53 bits per heavy atom. The number of ketones is 1. The first-order valence-electron chi connectivity index (χ1n) is 5.48. The molecule has 2 aromatic rings. The molecule has 0 atom stereocenters. The average Bonchev–Trinajstić information content (AvgIpc) is 2.73. The van der Waals surface area contributed by atoms with Crippen molar-refractivity contribution in [1.29, 1.82) is 0 Å². The SMILES string of the molecule is COCc1nc(-c2c(F)cccc2F)sc1C(C)=O. The van der Waals surface area contributed by atoms with Crippen LogP contribution in [0.15, 0.2) is 18.2 Å². The van der Waals surface area contributed by atoms with Crippen LogP contribution in [0.25, 0.3) is 10.6 Å². The summed E-state index contributed by atoms with van der Waals surface area (Å²) in [5.74, 6) is -1.60. The molecular formula is C13H11F2NO2S. The highest BCUT2D eigenvalue weighted by Gasteiger charge is 2.20. The number of nitrogens with zero attached hydrogens (tertiary/aromatic N) is 1. The number of Topliss-reactive ketones (excluding diaryl/α,β-unsaturated/α-hetero) is 1. The molecule has 0 aliphatic heterocycles. The van der Waals surface area contributed by atoms with Gasteiger partial charge < -0.3 is 4.74 Å². The van der Waals surface area contributed by atoms with E-state index >= 15 is 0 Å². The number of rotatable bonds is 4. The largest absolute Gasteiger partial charge is 0.378 e. The van der Waals surface area contributed by atoms with E-state index in [0.717, 1.165) is 23.5 Å². The standard InChI is InChI=1S/C13H11F2NO2S/c1-7(17)12-10(6-18-2)16-13(19-12)11-8(14)4-3-5-9(11)15/h3-5H,6H2,1-2H3. The van der Waals surface area contributed by atoms with Gasteiger partial charge in [-0.3, -0.25) is 4.79 Å². The number of aromatic nitrogens is 1. The lowest BCUT2D eigenvalue weighted by molar-refractivity contribution is 0.101. The normalized spacial score (nSPS) is 10.7. The second kappa shape index (κ2) is 5.54. The number of benzene rings is 1. The zero-order chi connectivity index (χ0) is 14.0. The molecular weight excluding hydrogens is 272 g/mol. The van der Waals surface area contributed by atoms with Crippen LogP contribution in [0.3, 0.4) is 0 Å². The van der Waals surface area contributed by atoms with Gasteiger partial charge in [0.15, 0.2) is 5.78 Å². The number of ether oxygens (including phenoxy) is 1. The summed E-state index contributed by atoms with van der Waals surface area (Å²) >= 11 is 0.968. The minimum atomic E-state index is -0.701. The van der Waals surface area contributed by atoms with Crippen molar-refractivity contribution in [2.45, 2.75) is 13.5 Å². The fraction of sp³-hybridized carbons (Fsp3) is 0.231. The van der Waals surface area contributed by atoms with Gasteiger partial charge in [-0.05, 0) is 12.1 Å². The Morgan fingerprint density at radius 2 is 2.00 bits per heavy atom. The predicted octanol–water partition coefficient (Wildman–Crippen LogP) is 3.44. The van der Waals surface area contributed by atoms with Crippen molar-refractivity contribution in [2.24, 2.45) is 0 Å². The van der Waals surface area contributed by atoms with Crippen molar-refractivity contribution in [3.63, 3.8) is 0 Å². The Labute approximate surface area is 112 Å². The second-order valence-electron chi connectivity index (χ2n) is 3.88. The van der Waals surface area contributed by atoms with Crippen LogP contribution in [-0.2, 0) is 11.3 Å². The zero-order valence-corrected chi connectivity index (χ0v) is 11.2. The van der Waals surface area contributed by atoms with Crippen LogP contribution in [0, 0.1) is 11.6 Å². The molecule has 0 unspecified atom stereocenters. The number of hydrogen-bond donors (Lipinski definition) is 0. The van der Waals surface area contributed by atoms with E-state index in [1.54, 1.807) is 0 Å². The van der Waals surface area contributed by atoms with E-state index in [4.69, 9.17) is 4.74 Å². The van der Waals surface area contributed by atoms with Gasteiger partial charge in [0.05, 0.1) is 22.7 Å². The molecule has 0 saturated heterocycles. The molecule has 0 radical (unpaired) electrons. The van der Waals surface area contributed by atoms with Crippen molar-refractivity contribution in [1.82, 2.24) is 4.98 Å². The first-order chi connectivity index (χ1) is 9.04. The maximum atomic E-state index is 13.7. The van der Waals surface area contributed by atoms with Gasteiger partial charge in [0, 0.05) is 14.0 Å². The average molecular weight is 283 g/mol. The monoisotopic (exact) mass is 283 g/mol. The third kappa shape index (κ3) is 2.69. The molecule has 0 amide bonds. The number of carbonyl (C=O) groups is 1. The van der Waals surface area contributed by atoms with E-state index in [0.29, 0.717) is 10.6 Å². The molecule has 0 spiro atoms. The van der Waals surface area contributed by atoms with Gasteiger partial charge in [0.2, 0.25) is 0 Å². The van der Waals surface area contributed by atoms with E-state index in [9.17, 15) is 13.6 Å². The van der Waals surface area contributed by atoms with Gasteiger partial charge in [-0.25, -0.2) is 13.8 Å². The highest BCUT2D eigenvalue weighted by molar-refractivity contribution is 7.17. The molecule has 0 aliphatic carbocycles. The van der Waals surface area contributed by atoms with Crippen LogP contribution in [-0.4, -0.2) is 17.9 Å². The summed E-state index contributed by atoms with van der Waals surface area (Å²) in [6.45, 7) is 1.51. The predicted molar refractivity (Wildman–Crippen MR) is 68.2 cm³/mol. The van der Waals surface area contributed by atoms with Gasteiger partial charge in [0.1, 0.15) is 16.6 Å². The number of thiazole rings is 1. The number of carbonyl (C=O) groups excluding carboxylic acids is 1. The number of methoxy groups -OCH3 is 1. The molecule has 1 aromatic heterocycles. The molecule has 0 aliphatic rings. The summed E-state index contributed by atoms with van der Waals surface area (Å²) in [6.07, 6.45) is 0. The zero-order valence-electron chi connectivity index (χ0n) is 10.4. The quantitative estimate of drug-likeness (QED) is 0.807. The lowest BCUT2D eigenvalue weighted by Gasteiger charge is -1.99. The van der Waals surface area contributed by atoms with E-state index < -0.39 is 11.6 Å². The molecule has 6 heteroatoms. The highest BCUT2D eigenvalue weighted by Crippen LogP contribution is 2.32. The second-order valence-corrected chi connectivity index (χ2v) is 4.88. The van der Waals surface area contributed by atoms with Crippen molar-refractivity contribution in [2.75, 3.05) is 7.11 Å². The van der Waals surface area contributed by atoms with Crippen LogP contribution in [0.4, 0.5) is 8.78 Å². The summed E-state index contributed by atoms with van der Waals surface area (Å²) in [4.78, 5) is 15.9. The van der Waals surface area contributed by atoms with E-state index in [1.165, 1.54) is 20.1 Å². The van der Waals surface area contributed by atoms with Gasteiger partial charge in [-0.1, -0.05) is 6.07 Å². The van der Waals surface area contributed by atoms with Crippen LogP contribution < -0.4 is 0 Å². The molecule has 19 heavy (non-hydrogen) atoms. The Hall–Kier alpha value is -1.66. The van der Waals surface area contributed by atoms with Crippen LogP contribution >= 0.6 is 11.3 Å². The third-order valence-electron chi connectivity index (χ3n) is 2.47. The lowest BCUT2D eigenvalue weighted by Crippen LogP contribution is -1.97. The van der Waals surface area contributed by atoms with Crippen molar-refractivity contribution in [3.8, 4) is 10.6 Å². The lowest BCUT2D eigenvalue weighted by atomic mass is 10.2. The minimum absolute atomic E-state index is 0.126. The number of hydrogen-bond acceptors (Lipinski definition) is 4. The third-order valence-corrected chi connectivity index (χ3v) is 3.69. The van der Waals surface area contributed by atoms with Gasteiger partial charge >= 0.3 is 0 Å². The molecule has 1 heterocycles. The van der Waals surface area contributed by atoms with Gasteiger partial charge in [-0.15, -0.1) is 11.3 Å². The summed E-state index contributed by atoms with van der Waals surface area (Å²) in [5, 5.41) is 0.146. The Kier molecular flexibility index (Phi) is 4.01. The van der Waals surface area contributed by atoms with Crippen LogP contribution in [0.2, 0.25) is 0 Å². The molecule has 0 N–H and O–H groups in total. The first-order valence-corrected chi connectivity index (χ1v) is 6.30. The fourth-order valence-electron chi connectivity index (χ4n) is 1.67. The van der Waals surface area contributed by atoms with Crippen molar-refractivity contribution in [3.05, 3.63) is 40.4 Å². The van der Waals surface area contributed by atoms with Crippen LogP contribution in [0.1, 0.15) is 22.3 Å². The van der Waals surface area contributed by atoms with Crippen molar-refractivity contribution < 1.29 is 18.3 Å². The molecule has 0 bridgehead atoms. The Bertz CT molecular complexity index is 605. The van der Waals surface area contributed by atoms with E-state index in [2.05, 4.69) is 4.98 Å². The summed E-state index contributed by atoms with van der Waals surface area (Å²) in [7, 11) is 1.46. The Balaban J connectivity index is 2.57. The summed E-state index contributed by atoms with van der Waals surface area (Å²) < 4.78 is 32.3. The summed E-state index contributed by atoms with van der Waals surface area (Å²) in [5.41, 5.74) is 0.190. The molecule has 100 valence electrons. The maximum Gasteiger partial charge on any atom is 0.171 e. The maximum absolute atomic E-state index is 13.7. The Morgan fingerprint density at radius 1 is 1.37 bits per heavy atom.